The van der Waals surface area contributed by atoms with E-state index in [2.05, 4.69) is 25.8 Å². The van der Waals surface area contributed by atoms with Crippen LogP contribution in [0.25, 0.3) is 11.4 Å². The van der Waals surface area contributed by atoms with Crippen LogP contribution in [0, 0.1) is 0 Å². The number of benzene rings is 1. The van der Waals surface area contributed by atoms with Crippen LogP contribution < -0.4 is 4.90 Å². The predicted octanol–water partition coefficient (Wildman–Crippen LogP) is 3.74. The highest BCUT2D eigenvalue weighted by Crippen LogP contribution is 2.42. The third kappa shape index (κ3) is 3.09. The van der Waals surface area contributed by atoms with E-state index in [-0.39, 0.29) is 11.2 Å². The number of amides is 1. The molecule has 0 bridgehead atoms. The summed E-state index contributed by atoms with van der Waals surface area (Å²) in [5.41, 5.74) is 3.24. The molecule has 7 heteroatoms. The van der Waals surface area contributed by atoms with Crippen LogP contribution in [0.5, 0.6) is 0 Å². The summed E-state index contributed by atoms with van der Waals surface area (Å²) in [7, 11) is 0. The molecule has 1 aliphatic carbocycles. The van der Waals surface area contributed by atoms with E-state index >= 15 is 0 Å². The lowest BCUT2D eigenvalue weighted by molar-refractivity contribution is -0.117. The first-order valence-corrected chi connectivity index (χ1v) is 10.5. The molecule has 1 fully saturated rings. The molecule has 1 aliphatic heterocycles. The van der Waals surface area contributed by atoms with Crippen LogP contribution in [0.15, 0.2) is 53.9 Å². The molecular formula is C21H21N5OS. The molecule has 0 unspecified atom stereocenters. The second-order valence-electron chi connectivity index (χ2n) is 7.28. The van der Waals surface area contributed by atoms with Crippen LogP contribution in [0.4, 0.5) is 5.69 Å². The van der Waals surface area contributed by atoms with Crippen LogP contribution in [0.3, 0.4) is 0 Å². The lowest BCUT2D eigenvalue weighted by Gasteiger charge is -2.21. The first-order chi connectivity index (χ1) is 13.7. The van der Waals surface area contributed by atoms with Gasteiger partial charge in [0, 0.05) is 36.2 Å². The van der Waals surface area contributed by atoms with Gasteiger partial charge in [0.05, 0.1) is 5.25 Å². The fraction of sp³-hybridized carbons (Fsp3) is 0.333. The molecule has 2 aliphatic rings. The van der Waals surface area contributed by atoms with Gasteiger partial charge in [0.25, 0.3) is 0 Å². The van der Waals surface area contributed by atoms with E-state index in [9.17, 15) is 4.79 Å². The number of aromatic nitrogens is 4. The molecular weight excluding hydrogens is 370 g/mol. The van der Waals surface area contributed by atoms with E-state index in [1.807, 2.05) is 48.4 Å². The summed E-state index contributed by atoms with van der Waals surface area (Å²) in [5, 5.41) is 9.43. The van der Waals surface area contributed by atoms with Crippen molar-refractivity contribution in [3.63, 3.8) is 0 Å². The zero-order valence-corrected chi connectivity index (χ0v) is 16.5. The molecule has 0 spiro atoms. The number of fused-ring (bicyclic) bond motifs is 1. The molecule has 3 aromatic rings. The highest BCUT2D eigenvalue weighted by atomic mass is 32.2. The molecule has 0 radical (unpaired) electrons. The average molecular weight is 392 g/mol. The zero-order chi connectivity index (χ0) is 19.1. The molecule has 1 saturated carbocycles. The van der Waals surface area contributed by atoms with Crippen molar-refractivity contribution in [3.05, 3.63) is 54.4 Å². The summed E-state index contributed by atoms with van der Waals surface area (Å²) in [5.74, 6) is 0.965. The topological polar surface area (TPSA) is 63.9 Å². The average Bonchev–Trinajstić information content (AvgIpc) is 3.34. The van der Waals surface area contributed by atoms with Gasteiger partial charge >= 0.3 is 0 Å². The van der Waals surface area contributed by atoms with Crippen molar-refractivity contribution in [3.8, 4) is 11.4 Å². The second kappa shape index (κ2) is 7.05. The smallest absolute Gasteiger partial charge is 0.240 e. The Morgan fingerprint density at radius 2 is 2.04 bits per heavy atom. The van der Waals surface area contributed by atoms with Gasteiger partial charge in [-0.25, -0.2) is 0 Å². The van der Waals surface area contributed by atoms with Gasteiger partial charge in [-0.1, -0.05) is 30.0 Å². The van der Waals surface area contributed by atoms with Crippen molar-refractivity contribution >= 4 is 23.4 Å². The summed E-state index contributed by atoms with van der Waals surface area (Å²) in [6, 6.07) is 12.5. The summed E-state index contributed by atoms with van der Waals surface area (Å²) in [6.45, 7) is 2.71. The number of thioether (sulfide) groups is 1. The minimum absolute atomic E-state index is 0.128. The van der Waals surface area contributed by atoms with Crippen LogP contribution in [-0.4, -0.2) is 37.5 Å². The van der Waals surface area contributed by atoms with Crippen molar-refractivity contribution in [2.24, 2.45) is 0 Å². The van der Waals surface area contributed by atoms with E-state index in [1.165, 1.54) is 17.3 Å². The standard InChI is InChI=1S/C21H21N5OS/c1-14(20(27)25-12-10-15-5-2-3-7-18(15)25)28-21-24-23-19(26(21)17-8-9-17)16-6-4-11-22-13-16/h2-7,11,13-14,17H,8-10,12H2,1H3/t14-/m1/s1. The summed E-state index contributed by atoms with van der Waals surface area (Å²) in [4.78, 5) is 19.2. The molecule has 0 saturated heterocycles. The van der Waals surface area contributed by atoms with Gasteiger partial charge in [-0.3, -0.25) is 14.3 Å². The maximum Gasteiger partial charge on any atom is 0.240 e. The van der Waals surface area contributed by atoms with E-state index in [0.717, 1.165) is 48.0 Å². The van der Waals surface area contributed by atoms with Gasteiger partial charge in [0.2, 0.25) is 5.91 Å². The van der Waals surface area contributed by atoms with E-state index in [4.69, 9.17) is 0 Å². The SMILES string of the molecule is C[C@@H](Sc1nnc(-c2cccnc2)n1C1CC1)C(=O)N1CCc2ccccc21. The Morgan fingerprint density at radius 1 is 1.18 bits per heavy atom. The van der Waals surface area contributed by atoms with Crippen molar-refractivity contribution in [2.45, 2.75) is 42.6 Å². The second-order valence-corrected chi connectivity index (χ2v) is 8.59. The van der Waals surface area contributed by atoms with E-state index in [0.29, 0.717) is 6.04 Å². The summed E-state index contributed by atoms with van der Waals surface area (Å²) >= 11 is 1.50. The molecule has 5 rings (SSSR count). The summed E-state index contributed by atoms with van der Waals surface area (Å²) < 4.78 is 2.18. The number of nitrogens with zero attached hydrogens (tertiary/aromatic N) is 5. The quantitative estimate of drug-likeness (QED) is 0.620. The molecule has 142 valence electrons. The first-order valence-electron chi connectivity index (χ1n) is 9.63. The fourth-order valence-electron chi connectivity index (χ4n) is 3.71. The number of pyridine rings is 1. The van der Waals surface area contributed by atoms with Crippen LogP contribution in [-0.2, 0) is 11.2 Å². The summed E-state index contributed by atoms with van der Waals surface area (Å²) in [6.07, 6.45) is 6.74. The van der Waals surface area contributed by atoms with Gasteiger partial charge < -0.3 is 4.90 Å². The van der Waals surface area contributed by atoms with E-state index in [1.54, 1.807) is 6.20 Å². The minimum atomic E-state index is -0.227. The van der Waals surface area contributed by atoms with Crippen molar-refractivity contribution in [1.29, 1.82) is 0 Å². The lowest BCUT2D eigenvalue weighted by atomic mass is 10.2. The molecule has 28 heavy (non-hydrogen) atoms. The molecule has 1 atom stereocenters. The molecule has 0 N–H and O–H groups in total. The maximum absolute atomic E-state index is 13.1. The van der Waals surface area contributed by atoms with Crippen molar-refractivity contribution in [1.82, 2.24) is 19.7 Å². The van der Waals surface area contributed by atoms with Crippen LogP contribution >= 0.6 is 11.8 Å². The molecule has 3 heterocycles. The number of rotatable bonds is 5. The van der Waals surface area contributed by atoms with Gasteiger partial charge in [-0.2, -0.15) is 0 Å². The monoisotopic (exact) mass is 391 g/mol. The number of anilines is 1. The normalized spacial score (nSPS) is 16.8. The third-order valence-corrected chi connectivity index (χ3v) is 6.32. The first kappa shape index (κ1) is 17.4. The Morgan fingerprint density at radius 3 is 2.82 bits per heavy atom. The molecule has 6 nitrogen and oxygen atoms in total. The van der Waals surface area contributed by atoms with Gasteiger partial charge in [-0.05, 0) is 49.9 Å². The molecule has 1 aromatic carbocycles. The fourth-order valence-corrected chi connectivity index (χ4v) is 4.69. The maximum atomic E-state index is 13.1. The predicted molar refractivity (Wildman–Crippen MR) is 109 cm³/mol. The van der Waals surface area contributed by atoms with Gasteiger partial charge in [0.1, 0.15) is 0 Å². The highest BCUT2D eigenvalue weighted by molar-refractivity contribution is 8.00. The number of hydrogen-bond acceptors (Lipinski definition) is 5. The van der Waals surface area contributed by atoms with Crippen molar-refractivity contribution < 1.29 is 4.79 Å². The zero-order valence-electron chi connectivity index (χ0n) is 15.7. The largest absolute Gasteiger partial charge is 0.311 e. The molecule has 2 aromatic heterocycles. The Bertz CT molecular complexity index is 1010. The van der Waals surface area contributed by atoms with Gasteiger partial charge in [-0.15, -0.1) is 10.2 Å². The third-order valence-electron chi connectivity index (χ3n) is 5.28. The number of carbonyl (C=O) groups excluding carboxylic acids is 1. The Balaban J connectivity index is 1.39. The van der Waals surface area contributed by atoms with Crippen LogP contribution in [0.1, 0.15) is 31.4 Å². The number of carbonyl (C=O) groups is 1. The molecule has 1 amide bonds. The Hall–Kier alpha value is -2.67. The van der Waals surface area contributed by atoms with Crippen molar-refractivity contribution in [2.75, 3.05) is 11.4 Å². The Kier molecular flexibility index (Phi) is 4.39. The Labute approximate surface area is 168 Å². The lowest BCUT2D eigenvalue weighted by Crippen LogP contribution is -2.35. The minimum Gasteiger partial charge on any atom is -0.311 e. The van der Waals surface area contributed by atoms with Gasteiger partial charge in [0.15, 0.2) is 11.0 Å². The number of para-hydroxylation sites is 1. The van der Waals surface area contributed by atoms with E-state index < -0.39 is 0 Å². The highest BCUT2D eigenvalue weighted by Gasteiger charge is 2.33. The number of hydrogen-bond donors (Lipinski definition) is 0. The van der Waals surface area contributed by atoms with Crippen LogP contribution in [0.2, 0.25) is 0 Å².